The summed E-state index contributed by atoms with van der Waals surface area (Å²) < 4.78 is 0. The van der Waals surface area contributed by atoms with E-state index in [1.807, 2.05) is 24.5 Å². The second-order valence-corrected chi connectivity index (χ2v) is 26.2. The lowest BCUT2D eigenvalue weighted by atomic mass is 9.92. The molecule has 6 nitrogen and oxygen atoms in total. The first-order chi connectivity index (χ1) is 51.5. The van der Waals surface area contributed by atoms with E-state index < -0.39 is 0 Å². The van der Waals surface area contributed by atoms with E-state index in [0.29, 0.717) is 11.6 Å². The summed E-state index contributed by atoms with van der Waals surface area (Å²) in [4.78, 5) is 29.4. The maximum atomic E-state index is 5.24. The van der Waals surface area contributed by atoms with Crippen molar-refractivity contribution in [1.82, 2.24) is 29.9 Å². The fraction of sp³-hybridized carbons (Fsp3) is 0. The molecule has 0 atom stereocenters. The number of aromatic nitrogens is 6. The van der Waals surface area contributed by atoms with E-state index in [2.05, 4.69) is 362 Å². The van der Waals surface area contributed by atoms with Gasteiger partial charge in [-0.15, -0.1) is 0 Å². The van der Waals surface area contributed by atoms with Gasteiger partial charge in [0.25, 0.3) is 0 Å². The van der Waals surface area contributed by atoms with Crippen LogP contribution < -0.4 is 0 Å². The van der Waals surface area contributed by atoms with Crippen LogP contribution in [0, 0.1) is 0 Å². The maximum absolute atomic E-state index is 5.24. The molecule has 0 fully saturated rings. The summed E-state index contributed by atoms with van der Waals surface area (Å²) in [7, 11) is 0. The van der Waals surface area contributed by atoms with Crippen molar-refractivity contribution < 1.29 is 0 Å². The van der Waals surface area contributed by atoms with Gasteiger partial charge in [0.05, 0.1) is 22.8 Å². The lowest BCUT2D eigenvalue weighted by molar-refractivity contribution is 1.18. The third kappa shape index (κ3) is 12.7. The summed E-state index contributed by atoms with van der Waals surface area (Å²) >= 11 is 0. The Morgan fingerprint density at radius 3 is 1.09 bits per heavy atom. The van der Waals surface area contributed by atoms with Crippen molar-refractivity contribution in [2.45, 2.75) is 0 Å². The van der Waals surface area contributed by atoms with Crippen molar-refractivity contribution in [3.63, 3.8) is 0 Å². The summed E-state index contributed by atoms with van der Waals surface area (Å²) in [5.74, 6) is 1.37. The molecule has 15 aromatic carbocycles. The number of fused-ring (bicyclic) bond motifs is 6. The zero-order valence-electron chi connectivity index (χ0n) is 56.6. The summed E-state index contributed by atoms with van der Waals surface area (Å²) in [6.07, 6.45) is 7.38. The van der Waals surface area contributed by atoms with Crippen molar-refractivity contribution >= 4 is 53.9 Å². The van der Waals surface area contributed by atoms with Gasteiger partial charge in [-0.2, -0.15) is 0 Å². The first kappa shape index (κ1) is 62.3. The monoisotopic (exact) mass is 1320 g/mol. The van der Waals surface area contributed by atoms with Crippen molar-refractivity contribution in [2.75, 3.05) is 0 Å². The Morgan fingerprint density at radius 2 is 0.519 bits per heavy atom. The van der Waals surface area contributed by atoms with E-state index in [0.717, 1.165) is 101 Å². The highest BCUT2D eigenvalue weighted by molar-refractivity contribution is 6.14. The zero-order chi connectivity index (χ0) is 69.1. The van der Waals surface area contributed by atoms with Crippen LogP contribution in [0.4, 0.5) is 0 Å². The fourth-order valence-electron chi connectivity index (χ4n) is 14.3. The summed E-state index contributed by atoms with van der Waals surface area (Å²) in [5.41, 5.74) is 23.3. The number of nitrogens with zero attached hydrogens (tertiary/aromatic N) is 6. The average Bonchev–Trinajstić information content (AvgIpc) is 0.764. The highest BCUT2D eigenvalue weighted by Crippen LogP contribution is 2.40. The molecule has 0 radical (unpaired) electrons. The molecule has 19 rings (SSSR count). The molecule has 4 aromatic heterocycles. The van der Waals surface area contributed by atoms with Crippen LogP contribution in [-0.4, -0.2) is 29.9 Å². The number of pyridine rings is 2. The molecule has 0 aliphatic rings. The Hall–Kier alpha value is -13.9. The van der Waals surface area contributed by atoms with Crippen molar-refractivity contribution in [1.29, 1.82) is 0 Å². The van der Waals surface area contributed by atoms with Gasteiger partial charge >= 0.3 is 0 Å². The van der Waals surface area contributed by atoms with Crippen molar-refractivity contribution in [3.8, 4) is 135 Å². The topological polar surface area (TPSA) is 77.3 Å². The predicted molar refractivity (Wildman–Crippen MR) is 432 cm³/mol. The van der Waals surface area contributed by atoms with Crippen molar-refractivity contribution in [3.05, 3.63) is 389 Å². The van der Waals surface area contributed by atoms with Crippen LogP contribution >= 0.6 is 0 Å². The summed E-state index contributed by atoms with van der Waals surface area (Å²) in [6, 6.07) is 129. The van der Waals surface area contributed by atoms with Gasteiger partial charge in [0.1, 0.15) is 0 Å². The Morgan fingerprint density at radius 1 is 0.154 bits per heavy atom. The third-order valence-electron chi connectivity index (χ3n) is 19.8. The fourth-order valence-corrected chi connectivity index (χ4v) is 14.3. The van der Waals surface area contributed by atoms with Crippen LogP contribution in [0.5, 0.6) is 0 Å². The molecule has 0 aliphatic carbocycles. The Kier molecular flexibility index (Phi) is 16.6. The quantitative estimate of drug-likeness (QED) is 0.113. The third-order valence-corrected chi connectivity index (χ3v) is 19.8. The van der Waals surface area contributed by atoms with Crippen LogP contribution in [0.3, 0.4) is 0 Å². The van der Waals surface area contributed by atoms with Gasteiger partial charge in [0.2, 0.25) is 0 Å². The minimum absolute atomic E-state index is 0.685. The smallest absolute Gasteiger partial charge is 0.160 e. The standard InChI is InChI=1S/C51H33N3.C47H31N3/c1-3-16-43-35(10-1)12-8-20-44(43)36-23-27-38(28-24-36)51-53-49(37-25-21-34(22-26-37)42-15-9-29-52-33-42)32-50(54-51)41-14-7-13-39(30-41)48-31-40-11-2-4-17-45(40)46-18-5-6-19-47(46)48;1-3-9-38-27-41(24-18-32(38)7-1)34-14-20-36(21-15-34)45-30-46(37-22-16-35(17-23-37)44-13-6-26-48-31-44)50-47(49-45)43-12-5-11-40(29-43)42-25-19-33-8-2-4-10-39(33)28-42/h1-33H;1-31H. The number of rotatable bonds is 12. The van der Waals surface area contributed by atoms with E-state index in [-0.39, 0.29) is 0 Å². The van der Waals surface area contributed by atoms with E-state index >= 15 is 0 Å². The molecular formula is C98H64N6. The first-order valence-corrected chi connectivity index (χ1v) is 35.1. The largest absolute Gasteiger partial charge is 0.264 e. The minimum atomic E-state index is 0.685. The van der Waals surface area contributed by atoms with Gasteiger partial charge < -0.3 is 0 Å². The second kappa shape index (κ2) is 27.6. The van der Waals surface area contributed by atoms with Crippen LogP contribution in [-0.2, 0) is 0 Å². The van der Waals surface area contributed by atoms with Crippen molar-refractivity contribution in [2.24, 2.45) is 0 Å². The Labute approximate surface area is 603 Å². The molecule has 0 bridgehead atoms. The van der Waals surface area contributed by atoms with Gasteiger partial charge in [0.15, 0.2) is 11.6 Å². The van der Waals surface area contributed by atoms with Gasteiger partial charge in [-0.25, -0.2) is 19.9 Å². The van der Waals surface area contributed by atoms with Crippen LogP contribution in [0.15, 0.2) is 389 Å². The number of hydrogen-bond donors (Lipinski definition) is 0. The summed E-state index contributed by atoms with van der Waals surface area (Å²) in [5, 5.41) is 12.4. The number of benzene rings is 15. The van der Waals surface area contributed by atoms with Gasteiger partial charge in [-0.3, -0.25) is 9.97 Å². The molecule has 0 N–H and O–H groups in total. The van der Waals surface area contributed by atoms with E-state index in [4.69, 9.17) is 19.9 Å². The lowest BCUT2D eigenvalue weighted by Crippen LogP contribution is -1.96. The van der Waals surface area contributed by atoms with E-state index in [1.165, 1.54) is 76.1 Å². The zero-order valence-corrected chi connectivity index (χ0v) is 56.6. The van der Waals surface area contributed by atoms with Gasteiger partial charge in [-0.05, 0) is 175 Å². The van der Waals surface area contributed by atoms with E-state index in [1.54, 1.807) is 12.4 Å². The van der Waals surface area contributed by atoms with Gasteiger partial charge in [-0.1, -0.05) is 309 Å². The molecule has 0 saturated carbocycles. The molecule has 0 amide bonds. The lowest BCUT2D eigenvalue weighted by Gasteiger charge is -2.13. The highest BCUT2D eigenvalue weighted by Gasteiger charge is 2.18. The van der Waals surface area contributed by atoms with Crippen LogP contribution in [0.1, 0.15) is 0 Å². The highest BCUT2D eigenvalue weighted by atomic mass is 14.9. The normalized spacial score (nSPS) is 11.3. The molecule has 6 heteroatoms. The maximum Gasteiger partial charge on any atom is 0.160 e. The molecular weight excluding hydrogens is 1260 g/mol. The Balaban J connectivity index is 0.000000149. The molecule has 19 aromatic rings. The van der Waals surface area contributed by atoms with Gasteiger partial charge in [0, 0.05) is 58.2 Å². The second-order valence-electron chi connectivity index (χ2n) is 26.2. The molecule has 486 valence electrons. The number of hydrogen-bond acceptors (Lipinski definition) is 6. The minimum Gasteiger partial charge on any atom is -0.264 e. The molecule has 0 aliphatic heterocycles. The SMILES string of the molecule is c1cncc(-c2ccc(-c3cc(-c4ccc(-c5ccc6ccccc6c5)cc4)nc(-c4cccc(-c5ccc6ccccc6c5)c4)n3)cc2)c1.c1cncc(-c2ccc(-c3cc(-c4cccc(-c5cc6ccccc6c6ccccc56)c4)nc(-c4ccc(-c5cccc6ccccc56)cc4)n3)cc2)c1. The molecule has 0 saturated heterocycles. The predicted octanol–water partition coefficient (Wildman–Crippen LogP) is 25.5. The van der Waals surface area contributed by atoms with E-state index in [9.17, 15) is 0 Å². The van der Waals surface area contributed by atoms with Crippen LogP contribution in [0.2, 0.25) is 0 Å². The molecule has 0 unspecified atom stereocenters. The molecule has 104 heavy (non-hydrogen) atoms. The first-order valence-electron chi connectivity index (χ1n) is 35.1. The molecule has 0 spiro atoms. The Bertz CT molecular complexity index is 6370. The average molecular weight is 1330 g/mol. The summed E-state index contributed by atoms with van der Waals surface area (Å²) in [6.45, 7) is 0. The molecule has 4 heterocycles. The van der Waals surface area contributed by atoms with Crippen LogP contribution in [0.25, 0.3) is 188 Å².